The third-order valence-electron chi connectivity index (χ3n) is 7.95. The van der Waals surface area contributed by atoms with Crippen molar-refractivity contribution in [1.29, 1.82) is 0 Å². The Bertz CT molecular complexity index is 724. The van der Waals surface area contributed by atoms with Crippen LogP contribution in [0.15, 0.2) is 12.2 Å². The molecule has 6 nitrogen and oxygen atoms in total. The summed E-state index contributed by atoms with van der Waals surface area (Å²) in [6.07, 6.45) is 5.24. The van der Waals surface area contributed by atoms with Crippen LogP contribution in [0.2, 0.25) is 0 Å². The molecule has 1 saturated heterocycles. The lowest BCUT2D eigenvalue weighted by atomic mass is 9.46. The molecule has 27 heavy (non-hydrogen) atoms. The molecule has 3 fully saturated rings. The number of rotatable bonds is 3. The summed E-state index contributed by atoms with van der Waals surface area (Å²) in [6.45, 7) is 4.02. The SMILES string of the molecule is COC[C@@H]1C(=O)[C@@]23C[C@H]1CC[C@H]2[C@]1(COC3=O)C(=O)C=CC(C)(C)[C@H]1CO. The highest BCUT2D eigenvalue weighted by atomic mass is 16.5. The van der Waals surface area contributed by atoms with Gasteiger partial charge < -0.3 is 14.6 Å². The number of aliphatic hydroxyl groups excluding tert-OH is 1. The van der Waals surface area contributed by atoms with Gasteiger partial charge in [0.2, 0.25) is 0 Å². The molecule has 0 amide bonds. The number of allylic oxidation sites excluding steroid dienone is 2. The second kappa shape index (κ2) is 5.98. The molecule has 2 bridgehead atoms. The second-order valence-corrected chi connectivity index (χ2v) is 9.36. The smallest absolute Gasteiger partial charge is 0.320 e. The summed E-state index contributed by atoms with van der Waals surface area (Å²) in [5.74, 6) is -1.79. The van der Waals surface area contributed by atoms with E-state index < -0.39 is 34.1 Å². The Balaban J connectivity index is 1.87. The normalized spacial score (nSPS) is 45.1. The molecule has 0 aromatic rings. The summed E-state index contributed by atoms with van der Waals surface area (Å²) in [4.78, 5) is 39.7. The number of esters is 1. The Morgan fingerprint density at radius 2 is 2.00 bits per heavy atom. The van der Waals surface area contributed by atoms with E-state index in [0.29, 0.717) is 19.4 Å². The largest absolute Gasteiger partial charge is 0.464 e. The monoisotopic (exact) mass is 376 g/mol. The van der Waals surface area contributed by atoms with Crippen molar-refractivity contribution in [2.75, 3.05) is 26.9 Å². The van der Waals surface area contributed by atoms with Crippen molar-refractivity contribution in [2.45, 2.75) is 33.1 Å². The Hall–Kier alpha value is -1.53. The van der Waals surface area contributed by atoms with Crippen molar-refractivity contribution < 1.29 is 29.0 Å². The van der Waals surface area contributed by atoms with Gasteiger partial charge in [-0.15, -0.1) is 0 Å². The van der Waals surface area contributed by atoms with Crippen LogP contribution in [-0.4, -0.2) is 49.6 Å². The molecule has 4 aliphatic rings. The minimum atomic E-state index is -1.27. The molecule has 0 aromatic carbocycles. The van der Waals surface area contributed by atoms with E-state index in [-0.39, 0.29) is 36.6 Å². The lowest BCUT2D eigenvalue weighted by Crippen LogP contribution is -2.66. The molecule has 2 spiro atoms. The number of hydrogen-bond donors (Lipinski definition) is 1. The first-order valence-electron chi connectivity index (χ1n) is 9.80. The molecule has 0 aromatic heterocycles. The van der Waals surface area contributed by atoms with Gasteiger partial charge in [0.1, 0.15) is 12.0 Å². The first-order valence-corrected chi connectivity index (χ1v) is 9.80. The van der Waals surface area contributed by atoms with Crippen LogP contribution in [0.25, 0.3) is 0 Å². The number of cyclic esters (lactones) is 1. The first-order chi connectivity index (χ1) is 12.8. The molecule has 3 aliphatic carbocycles. The first kappa shape index (κ1) is 18.8. The Morgan fingerprint density at radius 1 is 1.26 bits per heavy atom. The van der Waals surface area contributed by atoms with Gasteiger partial charge in [0.25, 0.3) is 0 Å². The van der Waals surface area contributed by atoms with Crippen LogP contribution in [0.5, 0.6) is 0 Å². The summed E-state index contributed by atoms with van der Waals surface area (Å²) in [7, 11) is 1.56. The number of carbonyl (C=O) groups excluding carboxylic acids is 3. The Kier molecular flexibility index (Phi) is 4.17. The molecular weight excluding hydrogens is 348 g/mol. The quantitative estimate of drug-likeness (QED) is 0.594. The fourth-order valence-electron chi connectivity index (χ4n) is 6.66. The predicted octanol–water partition coefficient (Wildman–Crippen LogP) is 1.55. The van der Waals surface area contributed by atoms with Gasteiger partial charge in [-0.25, -0.2) is 0 Å². The maximum atomic E-state index is 13.5. The van der Waals surface area contributed by atoms with Crippen LogP contribution >= 0.6 is 0 Å². The molecule has 6 atom stereocenters. The highest BCUT2D eigenvalue weighted by molar-refractivity contribution is 6.10. The third kappa shape index (κ3) is 2.17. The van der Waals surface area contributed by atoms with E-state index in [0.717, 1.165) is 6.42 Å². The number of ketones is 2. The molecule has 0 radical (unpaired) electrons. The number of carbonyl (C=O) groups is 3. The fraction of sp³-hybridized carbons (Fsp3) is 0.762. The van der Waals surface area contributed by atoms with Gasteiger partial charge in [0, 0.05) is 25.6 Å². The van der Waals surface area contributed by atoms with E-state index in [1.807, 2.05) is 19.9 Å². The Morgan fingerprint density at radius 3 is 2.67 bits per heavy atom. The second-order valence-electron chi connectivity index (χ2n) is 9.36. The fourth-order valence-corrected chi connectivity index (χ4v) is 6.66. The zero-order valence-corrected chi connectivity index (χ0v) is 16.2. The van der Waals surface area contributed by atoms with Crippen molar-refractivity contribution in [3.8, 4) is 0 Å². The van der Waals surface area contributed by atoms with Crippen LogP contribution in [0.3, 0.4) is 0 Å². The van der Waals surface area contributed by atoms with Gasteiger partial charge in [0.15, 0.2) is 11.6 Å². The Labute approximate surface area is 159 Å². The van der Waals surface area contributed by atoms with Gasteiger partial charge in [-0.1, -0.05) is 19.9 Å². The average Bonchev–Trinajstić information content (AvgIpc) is 2.84. The molecule has 148 valence electrons. The molecular formula is C21H28O6. The maximum Gasteiger partial charge on any atom is 0.320 e. The van der Waals surface area contributed by atoms with Gasteiger partial charge in [-0.2, -0.15) is 0 Å². The highest BCUT2D eigenvalue weighted by Gasteiger charge is 2.74. The number of hydrogen-bond acceptors (Lipinski definition) is 6. The molecule has 0 unspecified atom stereocenters. The van der Waals surface area contributed by atoms with Crippen molar-refractivity contribution in [3.63, 3.8) is 0 Å². The van der Waals surface area contributed by atoms with E-state index in [4.69, 9.17) is 9.47 Å². The van der Waals surface area contributed by atoms with Gasteiger partial charge in [-0.05, 0) is 42.6 Å². The van der Waals surface area contributed by atoms with E-state index >= 15 is 0 Å². The van der Waals surface area contributed by atoms with Crippen LogP contribution < -0.4 is 0 Å². The highest BCUT2D eigenvalue weighted by Crippen LogP contribution is 2.66. The minimum Gasteiger partial charge on any atom is -0.464 e. The van der Waals surface area contributed by atoms with E-state index in [2.05, 4.69) is 0 Å². The van der Waals surface area contributed by atoms with Gasteiger partial charge >= 0.3 is 5.97 Å². The molecule has 1 heterocycles. The molecule has 1 aliphatic heterocycles. The van der Waals surface area contributed by atoms with Crippen molar-refractivity contribution >= 4 is 17.5 Å². The topological polar surface area (TPSA) is 89.9 Å². The lowest BCUT2D eigenvalue weighted by molar-refractivity contribution is -0.205. The van der Waals surface area contributed by atoms with E-state index in [1.165, 1.54) is 0 Å². The summed E-state index contributed by atoms with van der Waals surface area (Å²) in [5, 5.41) is 10.3. The number of fused-ring (bicyclic) bond motifs is 2. The van der Waals surface area contributed by atoms with Crippen LogP contribution in [0, 0.1) is 39.9 Å². The third-order valence-corrected chi connectivity index (χ3v) is 7.95. The molecule has 4 rings (SSSR count). The molecule has 2 saturated carbocycles. The maximum absolute atomic E-state index is 13.5. The summed E-state index contributed by atoms with van der Waals surface area (Å²) in [5.41, 5.74) is -2.74. The summed E-state index contributed by atoms with van der Waals surface area (Å²) in [6, 6.07) is 0. The number of ether oxygens (including phenoxy) is 2. The minimum absolute atomic E-state index is 0.0526. The molecule has 1 N–H and O–H groups in total. The van der Waals surface area contributed by atoms with Crippen LogP contribution in [0.1, 0.15) is 33.1 Å². The summed E-state index contributed by atoms with van der Waals surface area (Å²) < 4.78 is 10.8. The number of Topliss-reactive ketones (excluding diaryl/α,β-unsaturated/α-hetero) is 1. The van der Waals surface area contributed by atoms with E-state index in [9.17, 15) is 19.5 Å². The van der Waals surface area contributed by atoms with Crippen LogP contribution in [0.4, 0.5) is 0 Å². The van der Waals surface area contributed by atoms with Gasteiger partial charge in [0.05, 0.1) is 12.0 Å². The zero-order valence-electron chi connectivity index (χ0n) is 16.2. The van der Waals surface area contributed by atoms with Gasteiger partial charge in [-0.3, -0.25) is 14.4 Å². The average molecular weight is 376 g/mol. The molecule has 6 heteroatoms. The number of methoxy groups -OCH3 is 1. The van der Waals surface area contributed by atoms with Crippen molar-refractivity contribution in [2.24, 2.45) is 39.9 Å². The van der Waals surface area contributed by atoms with Crippen molar-refractivity contribution in [3.05, 3.63) is 12.2 Å². The standard InChI is InChI=1S/C21H28O6/c1-19(2)7-6-16(23)21(15(19)9-22)11-27-18(25)20-8-12(4-5-14(20)21)13(10-26-3)17(20)24/h6-7,12-15,22H,4-5,8-11H2,1-3H3/t12-,13+,14-,15-,20-,21+/m1/s1. The van der Waals surface area contributed by atoms with E-state index in [1.54, 1.807) is 13.2 Å². The number of aliphatic hydroxyl groups is 1. The van der Waals surface area contributed by atoms with Crippen LogP contribution in [-0.2, 0) is 23.9 Å². The summed E-state index contributed by atoms with van der Waals surface area (Å²) >= 11 is 0. The zero-order chi connectivity index (χ0) is 19.6. The van der Waals surface area contributed by atoms with Crippen molar-refractivity contribution in [1.82, 2.24) is 0 Å². The predicted molar refractivity (Wildman–Crippen MR) is 95.5 cm³/mol. The lowest BCUT2D eigenvalue weighted by Gasteiger charge is -2.58.